The molecule has 2 amide bonds. The highest BCUT2D eigenvalue weighted by atomic mass is 35.5. The van der Waals surface area contributed by atoms with Gasteiger partial charge in [-0.25, -0.2) is 0 Å². The summed E-state index contributed by atoms with van der Waals surface area (Å²) in [6, 6.07) is 4.48. The molecule has 1 aliphatic rings. The molecule has 0 saturated carbocycles. The van der Waals surface area contributed by atoms with Crippen LogP contribution in [0.15, 0.2) is 34.8 Å². The minimum absolute atomic E-state index is 0. The van der Waals surface area contributed by atoms with Crippen molar-refractivity contribution < 1.29 is 23.9 Å². The van der Waals surface area contributed by atoms with E-state index >= 15 is 0 Å². The lowest BCUT2D eigenvalue weighted by Crippen LogP contribution is -2.33. The fourth-order valence-electron chi connectivity index (χ4n) is 3.36. The van der Waals surface area contributed by atoms with Crippen LogP contribution in [0.25, 0.3) is 0 Å². The summed E-state index contributed by atoms with van der Waals surface area (Å²) in [5.74, 6) is -0.542. The van der Waals surface area contributed by atoms with E-state index < -0.39 is 5.91 Å². The van der Waals surface area contributed by atoms with Crippen LogP contribution in [-0.2, 0) is 21.1 Å². The van der Waals surface area contributed by atoms with Crippen molar-refractivity contribution in [2.75, 3.05) is 19.0 Å². The van der Waals surface area contributed by atoms with Crippen LogP contribution in [0.1, 0.15) is 50.4 Å². The molecule has 0 radical (unpaired) electrons. The molecule has 186 valence electrons. The molecule has 1 atom stereocenters. The number of aromatic nitrogens is 1. The molecule has 2 heterocycles. The summed E-state index contributed by atoms with van der Waals surface area (Å²) in [5.41, 5.74) is 0.652. The van der Waals surface area contributed by atoms with Gasteiger partial charge in [0, 0.05) is 23.6 Å². The summed E-state index contributed by atoms with van der Waals surface area (Å²) < 4.78 is 12.3. The number of carbonyl (C=O) groups excluding carboxylic acids is 3. The van der Waals surface area contributed by atoms with Crippen molar-refractivity contribution in [3.8, 4) is 5.75 Å². The largest absolute Gasteiger partial charge is 0.495 e. The number of nitrogens with zero attached hydrogens (tertiary/aromatic N) is 2. The number of rotatable bonds is 7. The number of hydrogen-bond donors (Lipinski definition) is 2. The normalized spacial score (nSPS) is 16.0. The maximum Gasteiger partial charge on any atom is 0.324 e. The predicted octanol–water partition coefficient (Wildman–Crippen LogP) is 3.35. The van der Waals surface area contributed by atoms with Gasteiger partial charge in [-0.3, -0.25) is 19.0 Å². The number of halogens is 1. The first-order chi connectivity index (χ1) is 15.7. The maximum atomic E-state index is 12.8. The molecule has 34 heavy (non-hydrogen) atoms. The summed E-state index contributed by atoms with van der Waals surface area (Å²) in [7, 11) is 1.47. The highest BCUT2D eigenvalue weighted by molar-refractivity contribution is 7.07. The van der Waals surface area contributed by atoms with Gasteiger partial charge in [0.05, 0.1) is 12.8 Å². The molecule has 0 spiro atoms. The van der Waals surface area contributed by atoms with E-state index in [2.05, 4.69) is 15.6 Å². The van der Waals surface area contributed by atoms with Crippen LogP contribution in [0, 0.1) is 5.41 Å². The van der Waals surface area contributed by atoms with E-state index in [1.165, 1.54) is 18.4 Å². The Bertz CT molecular complexity index is 1080. The second kappa shape index (κ2) is 12.1. The van der Waals surface area contributed by atoms with E-state index in [9.17, 15) is 14.4 Å². The maximum absolute atomic E-state index is 12.8. The monoisotopic (exact) mass is 510 g/mol. The van der Waals surface area contributed by atoms with Crippen molar-refractivity contribution >= 4 is 47.2 Å². The molecule has 0 bridgehead atoms. The Hall–Kier alpha value is -2.69. The van der Waals surface area contributed by atoms with Crippen molar-refractivity contribution in [2.45, 2.75) is 52.8 Å². The lowest BCUT2D eigenvalue weighted by Gasteiger charge is -2.18. The molecule has 1 fully saturated rings. The van der Waals surface area contributed by atoms with Gasteiger partial charge in [-0.15, -0.1) is 23.7 Å². The fourth-order valence-corrected chi connectivity index (χ4v) is 4.07. The predicted molar refractivity (Wildman–Crippen MR) is 132 cm³/mol. The summed E-state index contributed by atoms with van der Waals surface area (Å²) in [5, 5.41) is 7.69. The molecule has 1 aliphatic heterocycles. The van der Waals surface area contributed by atoms with Gasteiger partial charge in [0.25, 0.3) is 5.91 Å². The molecule has 2 aromatic rings. The summed E-state index contributed by atoms with van der Waals surface area (Å²) in [6.45, 7) is 6.74. The number of anilines is 1. The topological polar surface area (TPSA) is 111 Å². The Morgan fingerprint density at radius 3 is 2.71 bits per heavy atom. The third kappa shape index (κ3) is 7.68. The molecule has 11 heteroatoms. The number of hydrogen-bond acceptors (Lipinski definition) is 7. The molecule has 2 N–H and O–H groups in total. The lowest BCUT2D eigenvalue weighted by molar-refractivity contribution is -0.149. The third-order valence-electron chi connectivity index (χ3n) is 4.96. The standard InChI is InChI=1S/C23H30N4O5S.ClH/c1-23(2,3)13-19(28)25-16-8-7-15(12-18(16)31-4)20(29)26-22-27(10-11-33-22)14-32-21(30)17-6-5-9-24-17;/h7-8,10-12,17,24H,5-6,9,13-14H2,1-4H3,(H,25,28);1H/b26-22-;/t17-;/m0./s1. The van der Waals surface area contributed by atoms with Gasteiger partial charge in [0.1, 0.15) is 11.8 Å². The van der Waals surface area contributed by atoms with Gasteiger partial charge in [0.2, 0.25) is 5.91 Å². The first-order valence-electron chi connectivity index (χ1n) is 10.8. The zero-order chi connectivity index (χ0) is 24.0. The molecule has 0 unspecified atom stereocenters. The number of ether oxygens (including phenoxy) is 2. The molecule has 1 aromatic heterocycles. The Labute approximate surface area is 209 Å². The Morgan fingerprint density at radius 2 is 2.06 bits per heavy atom. The van der Waals surface area contributed by atoms with E-state index in [-0.39, 0.29) is 42.5 Å². The van der Waals surface area contributed by atoms with Gasteiger partial charge in [-0.05, 0) is 43.0 Å². The third-order valence-corrected chi connectivity index (χ3v) is 5.76. The highest BCUT2D eigenvalue weighted by Gasteiger charge is 2.23. The lowest BCUT2D eigenvalue weighted by atomic mass is 9.92. The van der Waals surface area contributed by atoms with Crippen molar-refractivity contribution in [1.29, 1.82) is 0 Å². The minimum atomic E-state index is -0.471. The van der Waals surface area contributed by atoms with Gasteiger partial charge in [-0.1, -0.05) is 20.8 Å². The SMILES string of the molecule is COc1cc(C(=O)/N=c2\sccn2COC(=O)[C@@H]2CCCN2)ccc1NC(=O)CC(C)(C)C.Cl. The van der Waals surface area contributed by atoms with Crippen LogP contribution in [-0.4, -0.2) is 42.0 Å². The van der Waals surface area contributed by atoms with Gasteiger partial charge in [0.15, 0.2) is 11.5 Å². The van der Waals surface area contributed by atoms with Gasteiger partial charge in [-0.2, -0.15) is 4.99 Å². The van der Waals surface area contributed by atoms with E-state index in [0.29, 0.717) is 28.2 Å². The zero-order valence-electron chi connectivity index (χ0n) is 19.8. The number of nitrogens with one attached hydrogen (secondary N) is 2. The van der Waals surface area contributed by atoms with Crippen molar-refractivity contribution in [2.24, 2.45) is 10.4 Å². The molecule has 9 nitrogen and oxygen atoms in total. The van der Waals surface area contributed by atoms with E-state index in [1.54, 1.807) is 34.3 Å². The number of esters is 1. The van der Waals surface area contributed by atoms with Crippen LogP contribution in [0.4, 0.5) is 5.69 Å². The quantitative estimate of drug-likeness (QED) is 0.552. The van der Waals surface area contributed by atoms with E-state index in [4.69, 9.17) is 9.47 Å². The summed E-state index contributed by atoms with van der Waals surface area (Å²) >= 11 is 1.26. The van der Waals surface area contributed by atoms with Crippen LogP contribution in [0.5, 0.6) is 5.75 Å². The molecular weight excluding hydrogens is 480 g/mol. The number of benzene rings is 1. The number of methoxy groups -OCH3 is 1. The fraction of sp³-hybridized carbons (Fsp3) is 0.478. The Kier molecular flexibility index (Phi) is 9.84. The highest BCUT2D eigenvalue weighted by Crippen LogP contribution is 2.27. The van der Waals surface area contributed by atoms with Crippen LogP contribution < -0.4 is 20.2 Å². The van der Waals surface area contributed by atoms with Crippen molar-refractivity contribution in [1.82, 2.24) is 9.88 Å². The first kappa shape index (κ1) is 27.6. The van der Waals surface area contributed by atoms with Crippen molar-refractivity contribution in [3.05, 3.63) is 40.1 Å². The zero-order valence-corrected chi connectivity index (χ0v) is 21.4. The molecule has 0 aliphatic carbocycles. The average Bonchev–Trinajstić information content (AvgIpc) is 3.43. The van der Waals surface area contributed by atoms with Crippen molar-refractivity contribution in [3.63, 3.8) is 0 Å². The van der Waals surface area contributed by atoms with E-state index in [0.717, 1.165) is 19.4 Å². The van der Waals surface area contributed by atoms with Crippen LogP contribution in [0.3, 0.4) is 0 Å². The van der Waals surface area contributed by atoms with Crippen LogP contribution >= 0.6 is 23.7 Å². The molecular formula is C23H31ClN4O5S. The second-order valence-corrected chi connectivity index (χ2v) is 9.89. The molecule has 1 saturated heterocycles. The van der Waals surface area contributed by atoms with Crippen LogP contribution in [0.2, 0.25) is 0 Å². The summed E-state index contributed by atoms with van der Waals surface area (Å²) in [6.07, 6.45) is 3.77. The van der Waals surface area contributed by atoms with E-state index in [1.807, 2.05) is 20.8 Å². The van der Waals surface area contributed by atoms with Gasteiger partial charge < -0.3 is 20.1 Å². The smallest absolute Gasteiger partial charge is 0.324 e. The molecule has 3 rings (SSSR count). The Morgan fingerprint density at radius 1 is 1.29 bits per heavy atom. The molecule has 1 aromatic carbocycles. The average molecular weight is 511 g/mol. The van der Waals surface area contributed by atoms with Gasteiger partial charge >= 0.3 is 5.97 Å². The number of carbonyl (C=O) groups is 3. The Balaban J connectivity index is 0.00000408. The number of amides is 2. The minimum Gasteiger partial charge on any atom is -0.495 e. The first-order valence-corrected chi connectivity index (χ1v) is 11.6. The second-order valence-electron chi connectivity index (χ2n) is 9.01. The summed E-state index contributed by atoms with van der Waals surface area (Å²) in [4.78, 5) is 41.7. The number of thiazole rings is 1.